The lowest BCUT2D eigenvalue weighted by Crippen LogP contribution is -2.51. The van der Waals surface area contributed by atoms with Gasteiger partial charge in [0.15, 0.2) is 0 Å². The first-order valence-electron chi connectivity index (χ1n) is 11.5. The van der Waals surface area contributed by atoms with Crippen LogP contribution >= 0.6 is 0 Å². The fourth-order valence-corrected chi connectivity index (χ4v) is 6.05. The molecular weight excluding hydrogens is 518 g/mol. The van der Waals surface area contributed by atoms with Crippen LogP contribution in [0.2, 0.25) is 0 Å². The van der Waals surface area contributed by atoms with Gasteiger partial charge in [-0.3, -0.25) is 0 Å². The summed E-state index contributed by atoms with van der Waals surface area (Å²) >= 11 is 0. The predicted octanol–water partition coefficient (Wildman–Crippen LogP) is 3.02. The van der Waals surface area contributed by atoms with Gasteiger partial charge in [-0.2, -0.15) is 14.6 Å². The molecule has 1 saturated heterocycles. The summed E-state index contributed by atoms with van der Waals surface area (Å²) in [6.45, 7) is 0.578. The molecule has 0 bridgehead atoms. The molecule has 1 aliphatic heterocycles. The summed E-state index contributed by atoms with van der Waals surface area (Å²) in [7, 11) is -4.25. The molecule has 14 heteroatoms. The molecule has 200 valence electrons. The highest BCUT2D eigenvalue weighted by Crippen LogP contribution is 2.41. The zero-order chi connectivity index (χ0) is 27.0. The van der Waals surface area contributed by atoms with Crippen LogP contribution in [0.1, 0.15) is 38.2 Å². The fourth-order valence-electron chi connectivity index (χ4n) is 4.52. The number of sulfonamides is 1. The molecule has 0 spiro atoms. The van der Waals surface area contributed by atoms with Crippen LogP contribution in [0.25, 0.3) is 0 Å². The van der Waals surface area contributed by atoms with E-state index in [4.69, 9.17) is 4.74 Å². The quantitative estimate of drug-likeness (QED) is 0.533. The average Bonchev–Trinajstić information content (AvgIpc) is 2.81. The van der Waals surface area contributed by atoms with Gasteiger partial charge in [-0.25, -0.2) is 31.0 Å². The number of piperidine rings is 1. The van der Waals surface area contributed by atoms with Crippen LogP contribution in [0.3, 0.4) is 0 Å². The molecule has 0 amide bonds. The monoisotopic (exact) mass is 543 g/mol. The Morgan fingerprint density at radius 3 is 2.68 bits per heavy atom. The standard InChI is InChI=1S/C23H25F4N5O4S/c1-22(33)13-23(26,27)8-6-19(22)36-20-14(10-28)11-29-21(31-20)30-17-7-9-32(12-16(17)25)37(34,35)18-5-3-2-4-15(18)24/h2-5,11,16-17,19,33H,6-9,12-13H2,1H3,(H,29,30,31). The van der Waals surface area contributed by atoms with Gasteiger partial charge in [0.1, 0.15) is 40.2 Å². The van der Waals surface area contributed by atoms with Gasteiger partial charge in [0.2, 0.25) is 21.9 Å². The van der Waals surface area contributed by atoms with Crippen molar-refractivity contribution in [1.29, 1.82) is 5.26 Å². The van der Waals surface area contributed by atoms with Crippen molar-refractivity contribution in [3.63, 3.8) is 0 Å². The molecule has 2 fully saturated rings. The Morgan fingerprint density at radius 1 is 1.30 bits per heavy atom. The third kappa shape index (κ3) is 5.78. The number of anilines is 1. The normalized spacial score (nSPS) is 28.3. The second kappa shape index (κ2) is 10.0. The van der Waals surface area contributed by atoms with Crippen molar-refractivity contribution in [1.82, 2.24) is 14.3 Å². The number of rotatable bonds is 6. The van der Waals surface area contributed by atoms with Crippen molar-refractivity contribution in [2.45, 2.75) is 67.3 Å². The zero-order valence-electron chi connectivity index (χ0n) is 19.7. The van der Waals surface area contributed by atoms with Crippen LogP contribution < -0.4 is 10.1 Å². The molecule has 2 heterocycles. The summed E-state index contributed by atoms with van der Waals surface area (Å²) in [4.78, 5) is 7.50. The minimum absolute atomic E-state index is 0.000813. The van der Waals surface area contributed by atoms with Gasteiger partial charge in [0.25, 0.3) is 5.92 Å². The number of benzene rings is 1. The first-order valence-corrected chi connectivity index (χ1v) is 13.0. The van der Waals surface area contributed by atoms with E-state index in [2.05, 4.69) is 15.3 Å². The maximum absolute atomic E-state index is 15.0. The highest BCUT2D eigenvalue weighted by Gasteiger charge is 2.49. The number of ether oxygens (including phenoxy) is 1. The van der Waals surface area contributed by atoms with E-state index in [9.17, 15) is 32.0 Å². The van der Waals surface area contributed by atoms with Crippen molar-refractivity contribution in [3.8, 4) is 11.9 Å². The third-order valence-corrected chi connectivity index (χ3v) is 8.38. The minimum atomic E-state index is -4.25. The van der Waals surface area contributed by atoms with Crippen LogP contribution in [0.5, 0.6) is 5.88 Å². The Kier molecular flexibility index (Phi) is 7.33. The van der Waals surface area contributed by atoms with E-state index in [1.54, 1.807) is 0 Å². The molecule has 4 atom stereocenters. The van der Waals surface area contributed by atoms with Gasteiger partial charge in [0.05, 0.1) is 12.2 Å². The minimum Gasteiger partial charge on any atom is -0.470 e. The number of aliphatic hydroxyl groups is 1. The highest BCUT2D eigenvalue weighted by molar-refractivity contribution is 7.89. The maximum atomic E-state index is 15.0. The van der Waals surface area contributed by atoms with Crippen LogP contribution in [0, 0.1) is 17.1 Å². The van der Waals surface area contributed by atoms with Gasteiger partial charge in [-0.15, -0.1) is 0 Å². The number of hydrogen-bond acceptors (Lipinski definition) is 8. The number of nitrogens with one attached hydrogen (secondary N) is 1. The van der Waals surface area contributed by atoms with Crippen molar-refractivity contribution in [2.24, 2.45) is 0 Å². The molecule has 9 nitrogen and oxygen atoms in total. The number of nitriles is 1. The molecule has 4 unspecified atom stereocenters. The van der Waals surface area contributed by atoms with E-state index in [0.717, 1.165) is 22.6 Å². The average molecular weight is 544 g/mol. The van der Waals surface area contributed by atoms with Gasteiger partial charge < -0.3 is 15.2 Å². The first kappa shape index (κ1) is 27.0. The molecule has 0 radical (unpaired) electrons. The van der Waals surface area contributed by atoms with E-state index in [-0.39, 0.29) is 36.8 Å². The second-order valence-electron chi connectivity index (χ2n) is 9.41. The summed E-state index contributed by atoms with van der Waals surface area (Å²) in [5.74, 6) is -4.37. The van der Waals surface area contributed by atoms with Gasteiger partial charge in [-0.1, -0.05) is 12.1 Å². The fraction of sp³-hybridized carbons (Fsp3) is 0.522. The number of nitrogens with zero attached hydrogens (tertiary/aromatic N) is 4. The smallest absolute Gasteiger partial charge is 0.251 e. The van der Waals surface area contributed by atoms with E-state index >= 15 is 4.39 Å². The molecule has 4 rings (SSSR count). The molecular formula is C23H25F4N5O4S. The van der Waals surface area contributed by atoms with Crippen molar-refractivity contribution >= 4 is 16.0 Å². The number of alkyl halides is 3. The molecule has 37 heavy (non-hydrogen) atoms. The Balaban J connectivity index is 1.46. The molecule has 2 N–H and O–H groups in total. The van der Waals surface area contributed by atoms with E-state index in [0.29, 0.717) is 0 Å². The van der Waals surface area contributed by atoms with Crippen molar-refractivity contribution in [2.75, 3.05) is 18.4 Å². The number of halogens is 4. The number of hydrogen-bond donors (Lipinski definition) is 2. The lowest BCUT2D eigenvalue weighted by atomic mass is 9.81. The van der Waals surface area contributed by atoms with Crippen LogP contribution in [0.15, 0.2) is 35.4 Å². The molecule has 1 saturated carbocycles. The van der Waals surface area contributed by atoms with Crippen LogP contribution in [-0.4, -0.2) is 70.7 Å². The summed E-state index contributed by atoms with van der Waals surface area (Å²) in [6, 6.07) is 5.75. The predicted molar refractivity (Wildman–Crippen MR) is 123 cm³/mol. The summed E-state index contributed by atoms with van der Waals surface area (Å²) < 4.78 is 88.6. The SMILES string of the molecule is CC1(O)CC(F)(F)CCC1Oc1nc(NC2CCN(S(=O)(=O)c3ccccc3F)CC2F)ncc1C#N. The van der Waals surface area contributed by atoms with E-state index < -0.39 is 70.0 Å². The van der Waals surface area contributed by atoms with Crippen molar-refractivity contribution in [3.05, 3.63) is 41.8 Å². The molecule has 1 aromatic carbocycles. The second-order valence-corrected chi connectivity index (χ2v) is 11.3. The van der Waals surface area contributed by atoms with Gasteiger partial charge in [0, 0.05) is 25.9 Å². The Labute approximate surface area is 211 Å². The molecule has 2 aliphatic rings. The molecule has 1 aliphatic carbocycles. The first-order chi connectivity index (χ1) is 17.3. The maximum Gasteiger partial charge on any atom is 0.251 e. The van der Waals surface area contributed by atoms with Crippen LogP contribution in [0.4, 0.5) is 23.5 Å². The Hall–Kier alpha value is -3.02. The third-order valence-electron chi connectivity index (χ3n) is 6.48. The van der Waals surface area contributed by atoms with E-state index in [1.165, 1.54) is 19.1 Å². The Bertz CT molecular complexity index is 1300. The topological polar surface area (TPSA) is 128 Å². The summed E-state index contributed by atoms with van der Waals surface area (Å²) in [5, 5.41) is 22.6. The Morgan fingerprint density at radius 2 is 2.03 bits per heavy atom. The number of aromatic nitrogens is 2. The highest BCUT2D eigenvalue weighted by atomic mass is 32.2. The summed E-state index contributed by atoms with van der Waals surface area (Å²) in [5.41, 5.74) is -1.99. The largest absolute Gasteiger partial charge is 0.470 e. The van der Waals surface area contributed by atoms with Gasteiger partial charge in [-0.05, 0) is 31.9 Å². The van der Waals surface area contributed by atoms with Gasteiger partial charge >= 0.3 is 0 Å². The molecule has 2 aromatic rings. The lowest BCUT2D eigenvalue weighted by Gasteiger charge is -2.40. The van der Waals surface area contributed by atoms with Crippen molar-refractivity contribution < 1.29 is 35.8 Å². The van der Waals surface area contributed by atoms with Crippen LogP contribution in [-0.2, 0) is 10.0 Å². The van der Waals surface area contributed by atoms with E-state index in [1.807, 2.05) is 6.07 Å². The molecule has 1 aromatic heterocycles. The lowest BCUT2D eigenvalue weighted by molar-refractivity contribution is -0.162. The zero-order valence-corrected chi connectivity index (χ0v) is 20.6. The summed E-state index contributed by atoms with van der Waals surface area (Å²) in [6.07, 6.45) is -3.17.